The molecule has 1 nitrogen and oxygen atoms in total. The van der Waals surface area contributed by atoms with Crippen LogP contribution in [-0.2, 0) is 0 Å². The maximum Gasteiger partial charge on any atom is 0.00380 e. The summed E-state index contributed by atoms with van der Waals surface area (Å²) in [6.45, 7) is 7.07. The molecule has 0 aliphatic carbocycles. The van der Waals surface area contributed by atoms with Crippen LogP contribution in [0.4, 0.5) is 0 Å². The van der Waals surface area contributed by atoms with E-state index in [0.717, 1.165) is 6.54 Å². The maximum atomic E-state index is 3.76. The summed E-state index contributed by atoms with van der Waals surface area (Å²) in [7, 11) is 4.18. The molecule has 0 rings (SSSR count). The van der Waals surface area contributed by atoms with Gasteiger partial charge in [0.15, 0.2) is 0 Å². The Morgan fingerprint density at radius 2 is 2.11 bits per heavy atom. The quantitative estimate of drug-likeness (QED) is 0.520. The molecule has 0 amide bonds. The summed E-state index contributed by atoms with van der Waals surface area (Å²) in [5, 5.41) is 0. The second-order valence-corrected chi connectivity index (χ2v) is 2.67. The van der Waals surface area contributed by atoms with E-state index in [1.165, 1.54) is 6.42 Å². The first-order valence-corrected chi connectivity index (χ1v) is 3.48. The molecular formula is C8H17N. The number of rotatable bonds is 4. The van der Waals surface area contributed by atoms with Crippen LogP contribution < -0.4 is 0 Å². The zero-order chi connectivity index (χ0) is 7.28. The average molecular weight is 127 g/mol. The van der Waals surface area contributed by atoms with Gasteiger partial charge in [-0.05, 0) is 26.4 Å². The fourth-order valence-electron chi connectivity index (χ4n) is 0.839. The highest BCUT2D eigenvalue weighted by atomic mass is 15.1. The van der Waals surface area contributed by atoms with Crippen LogP contribution in [0.5, 0.6) is 0 Å². The van der Waals surface area contributed by atoms with Crippen molar-refractivity contribution in [3.8, 4) is 0 Å². The van der Waals surface area contributed by atoms with E-state index in [1.54, 1.807) is 0 Å². The molecule has 0 aromatic carbocycles. The van der Waals surface area contributed by atoms with Crippen molar-refractivity contribution >= 4 is 0 Å². The van der Waals surface area contributed by atoms with Gasteiger partial charge in [-0.25, -0.2) is 0 Å². The molecule has 1 atom stereocenters. The lowest BCUT2D eigenvalue weighted by molar-refractivity contribution is 0.354. The van der Waals surface area contributed by atoms with Crippen molar-refractivity contribution < 1.29 is 0 Å². The first-order chi connectivity index (χ1) is 4.20. The summed E-state index contributed by atoms with van der Waals surface area (Å²) in [6, 6.07) is 0. The van der Waals surface area contributed by atoms with Crippen LogP contribution in [0.3, 0.4) is 0 Å². The van der Waals surface area contributed by atoms with E-state index in [-0.39, 0.29) is 0 Å². The van der Waals surface area contributed by atoms with Crippen LogP contribution in [0.1, 0.15) is 13.3 Å². The summed E-state index contributed by atoms with van der Waals surface area (Å²) in [4.78, 5) is 2.19. The second-order valence-electron chi connectivity index (χ2n) is 2.67. The summed E-state index contributed by atoms with van der Waals surface area (Å²) < 4.78 is 0. The minimum atomic E-state index is 0.667. The number of hydrogen-bond donors (Lipinski definition) is 0. The topological polar surface area (TPSA) is 3.24 Å². The van der Waals surface area contributed by atoms with Gasteiger partial charge in [0.25, 0.3) is 0 Å². The Bertz CT molecular complexity index is 76.6. The van der Waals surface area contributed by atoms with Crippen LogP contribution in [0.25, 0.3) is 0 Å². The van der Waals surface area contributed by atoms with Gasteiger partial charge in [0.05, 0.1) is 0 Å². The van der Waals surface area contributed by atoms with E-state index in [2.05, 4.69) is 32.5 Å². The number of nitrogens with zero attached hydrogens (tertiary/aromatic N) is 1. The lowest BCUT2D eigenvalue weighted by atomic mass is 10.1. The SMILES string of the molecule is C=CC(CC)CN(C)C. The standard InChI is InChI=1S/C8H17N/c1-5-8(6-2)7-9(3)4/h5,8H,1,6-7H2,2-4H3. The first kappa shape index (κ1) is 8.70. The molecule has 0 radical (unpaired) electrons. The summed E-state index contributed by atoms with van der Waals surface area (Å²) in [5.41, 5.74) is 0. The molecule has 9 heavy (non-hydrogen) atoms. The Balaban J connectivity index is 3.42. The third-order valence-electron chi connectivity index (χ3n) is 1.46. The van der Waals surface area contributed by atoms with Crippen molar-refractivity contribution in [2.24, 2.45) is 5.92 Å². The second kappa shape index (κ2) is 4.57. The van der Waals surface area contributed by atoms with E-state index in [4.69, 9.17) is 0 Å². The molecule has 0 heterocycles. The van der Waals surface area contributed by atoms with Crippen LogP contribution >= 0.6 is 0 Å². The molecular weight excluding hydrogens is 110 g/mol. The van der Waals surface area contributed by atoms with Gasteiger partial charge in [0, 0.05) is 6.54 Å². The fraction of sp³-hybridized carbons (Fsp3) is 0.750. The van der Waals surface area contributed by atoms with E-state index in [9.17, 15) is 0 Å². The fourth-order valence-corrected chi connectivity index (χ4v) is 0.839. The van der Waals surface area contributed by atoms with Crippen molar-refractivity contribution in [2.45, 2.75) is 13.3 Å². The van der Waals surface area contributed by atoms with Gasteiger partial charge in [0.2, 0.25) is 0 Å². The summed E-state index contributed by atoms with van der Waals surface area (Å²) in [5.74, 6) is 0.667. The molecule has 0 N–H and O–H groups in total. The normalized spacial score (nSPS) is 13.8. The Morgan fingerprint density at radius 1 is 1.56 bits per heavy atom. The van der Waals surface area contributed by atoms with Gasteiger partial charge in [0.1, 0.15) is 0 Å². The average Bonchev–Trinajstić information content (AvgIpc) is 1.82. The molecule has 0 spiro atoms. The zero-order valence-corrected chi connectivity index (χ0v) is 6.72. The highest BCUT2D eigenvalue weighted by Gasteiger charge is 2.00. The van der Waals surface area contributed by atoms with Crippen molar-refractivity contribution in [3.05, 3.63) is 12.7 Å². The van der Waals surface area contributed by atoms with Crippen LogP contribution in [0, 0.1) is 5.92 Å². The van der Waals surface area contributed by atoms with E-state index in [0.29, 0.717) is 5.92 Å². The Morgan fingerprint density at radius 3 is 2.22 bits per heavy atom. The highest BCUT2D eigenvalue weighted by Crippen LogP contribution is 2.03. The molecule has 1 unspecified atom stereocenters. The predicted molar refractivity (Wildman–Crippen MR) is 42.5 cm³/mol. The third kappa shape index (κ3) is 4.22. The summed E-state index contributed by atoms with van der Waals surface area (Å²) in [6.07, 6.45) is 3.22. The van der Waals surface area contributed by atoms with Crippen molar-refractivity contribution in [2.75, 3.05) is 20.6 Å². The zero-order valence-electron chi connectivity index (χ0n) is 6.72. The minimum Gasteiger partial charge on any atom is -0.309 e. The highest BCUT2D eigenvalue weighted by molar-refractivity contribution is 4.78. The van der Waals surface area contributed by atoms with Crippen molar-refractivity contribution in [1.29, 1.82) is 0 Å². The van der Waals surface area contributed by atoms with Crippen LogP contribution in [-0.4, -0.2) is 25.5 Å². The number of hydrogen-bond acceptors (Lipinski definition) is 1. The Hall–Kier alpha value is -0.300. The lowest BCUT2D eigenvalue weighted by Crippen LogP contribution is -2.19. The Kier molecular flexibility index (Phi) is 4.41. The van der Waals surface area contributed by atoms with Gasteiger partial charge in [-0.1, -0.05) is 13.0 Å². The molecule has 0 fully saturated rings. The van der Waals surface area contributed by atoms with E-state index < -0.39 is 0 Å². The van der Waals surface area contributed by atoms with Crippen LogP contribution in [0.15, 0.2) is 12.7 Å². The molecule has 1 heteroatoms. The molecule has 0 aromatic rings. The smallest absolute Gasteiger partial charge is 0.00380 e. The molecule has 0 saturated carbocycles. The third-order valence-corrected chi connectivity index (χ3v) is 1.46. The lowest BCUT2D eigenvalue weighted by Gasteiger charge is -2.14. The van der Waals surface area contributed by atoms with Crippen LogP contribution in [0.2, 0.25) is 0 Å². The van der Waals surface area contributed by atoms with E-state index in [1.807, 2.05) is 6.08 Å². The minimum absolute atomic E-state index is 0.667. The molecule has 0 aliphatic heterocycles. The monoisotopic (exact) mass is 127 g/mol. The molecule has 0 aromatic heterocycles. The largest absolute Gasteiger partial charge is 0.309 e. The van der Waals surface area contributed by atoms with Crippen molar-refractivity contribution in [1.82, 2.24) is 4.90 Å². The van der Waals surface area contributed by atoms with Gasteiger partial charge in [-0.3, -0.25) is 0 Å². The van der Waals surface area contributed by atoms with E-state index >= 15 is 0 Å². The molecule has 0 bridgehead atoms. The predicted octanol–water partition coefficient (Wildman–Crippen LogP) is 1.76. The molecule has 0 aliphatic rings. The van der Waals surface area contributed by atoms with Crippen molar-refractivity contribution in [3.63, 3.8) is 0 Å². The first-order valence-electron chi connectivity index (χ1n) is 3.48. The van der Waals surface area contributed by atoms with Gasteiger partial charge in [-0.2, -0.15) is 0 Å². The Labute approximate surface area is 58.4 Å². The van der Waals surface area contributed by atoms with Gasteiger partial charge in [-0.15, -0.1) is 6.58 Å². The maximum absolute atomic E-state index is 3.76. The van der Waals surface area contributed by atoms with Gasteiger partial charge >= 0.3 is 0 Å². The molecule has 54 valence electrons. The summed E-state index contributed by atoms with van der Waals surface area (Å²) >= 11 is 0. The van der Waals surface area contributed by atoms with Gasteiger partial charge < -0.3 is 4.90 Å². The molecule has 0 saturated heterocycles.